The summed E-state index contributed by atoms with van der Waals surface area (Å²) in [4.78, 5) is 26.6. The molecule has 5 atom stereocenters. The number of carboxylic acid groups (broad SMARTS) is 1. The molecule has 2 aromatic carbocycles. The number of carboxylic acids is 1. The van der Waals surface area contributed by atoms with E-state index >= 15 is 0 Å². The van der Waals surface area contributed by atoms with E-state index in [9.17, 15) is 28.6 Å². The van der Waals surface area contributed by atoms with Gasteiger partial charge in [0, 0.05) is 23.6 Å². The third kappa shape index (κ3) is 9.54. The fourth-order valence-corrected chi connectivity index (χ4v) is 7.12. The Bertz CT molecular complexity index is 1410. The number of hydrogen-bond acceptors (Lipinski definition) is 5. The van der Waals surface area contributed by atoms with Crippen molar-refractivity contribution in [1.82, 2.24) is 5.32 Å². The summed E-state index contributed by atoms with van der Waals surface area (Å²) < 4.78 is 26.8. The number of aliphatic carboxylic acids is 1. The monoisotopic (exact) mass is 630 g/mol. The number of thioether (sulfide) groups is 1. The maximum atomic E-state index is 13.7. The molecular weight excluding hydrogens is 582 g/mol. The van der Waals surface area contributed by atoms with Gasteiger partial charge < -0.3 is 20.8 Å². The quantitative estimate of drug-likeness (QED) is 0.204. The van der Waals surface area contributed by atoms with E-state index in [-0.39, 0.29) is 11.8 Å². The summed E-state index contributed by atoms with van der Waals surface area (Å²) in [6.45, 7) is 11.0. The predicted octanol–water partition coefficient (Wildman–Crippen LogP) is 6.78. The second kappa shape index (κ2) is 15.4. The highest BCUT2D eigenvalue weighted by Crippen LogP contribution is 2.42. The molecule has 0 aliphatic heterocycles. The van der Waals surface area contributed by atoms with Crippen molar-refractivity contribution in [3.05, 3.63) is 58.0 Å². The topological polar surface area (TPSA) is 98.7 Å². The van der Waals surface area contributed by atoms with Gasteiger partial charge in [-0.25, -0.2) is 4.79 Å². The normalized spacial score (nSPS) is 22.6. The SMILES string of the molecule is CC.CCC1CC(C(C)C(NC(=O)c2ccc3c(c2NCc2ccc(SC(C)(F)F)cc2)=CCCC=3)C(=O)O)CC(C)(O)C1. The van der Waals surface area contributed by atoms with Gasteiger partial charge in [0.05, 0.1) is 16.9 Å². The van der Waals surface area contributed by atoms with Gasteiger partial charge in [-0.2, -0.15) is 8.78 Å². The van der Waals surface area contributed by atoms with Crippen molar-refractivity contribution in [2.45, 2.75) is 108 Å². The number of halogens is 2. The Morgan fingerprint density at radius 3 is 2.36 bits per heavy atom. The summed E-state index contributed by atoms with van der Waals surface area (Å²) in [5.41, 5.74) is 0.956. The maximum Gasteiger partial charge on any atom is 0.326 e. The number of carbonyl (C=O) groups is 2. The molecule has 2 aliphatic carbocycles. The summed E-state index contributed by atoms with van der Waals surface area (Å²) in [6.07, 6.45) is 8.81. The lowest BCUT2D eigenvalue weighted by Gasteiger charge is -2.42. The molecule has 0 saturated heterocycles. The van der Waals surface area contributed by atoms with Crippen LogP contribution in [0, 0.1) is 17.8 Å². The number of fused-ring (bicyclic) bond motifs is 1. The molecule has 0 radical (unpaired) electrons. The van der Waals surface area contributed by atoms with Crippen LogP contribution in [-0.2, 0) is 11.3 Å². The molecule has 1 saturated carbocycles. The summed E-state index contributed by atoms with van der Waals surface area (Å²) in [5, 5.41) is 26.2. The van der Waals surface area contributed by atoms with Crippen molar-refractivity contribution in [2.75, 3.05) is 5.32 Å². The molecule has 44 heavy (non-hydrogen) atoms. The Morgan fingerprint density at radius 2 is 1.75 bits per heavy atom. The summed E-state index contributed by atoms with van der Waals surface area (Å²) >= 11 is 0.493. The Kier molecular flexibility index (Phi) is 12.4. The first-order chi connectivity index (χ1) is 20.8. The molecule has 4 N–H and O–H groups in total. The van der Waals surface area contributed by atoms with Gasteiger partial charge in [-0.3, -0.25) is 4.79 Å². The van der Waals surface area contributed by atoms with Gasteiger partial charge in [0.15, 0.2) is 0 Å². The van der Waals surface area contributed by atoms with E-state index in [2.05, 4.69) is 29.7 Å². The van der Waals surface area contributed by atoms with Crippen LogP contribution in [0.3, 0.4) is 0 Å². The number of rotatable bonds is 11. The first-order valence-corrected chi connectivity index (χ1v) is 16.6. The second-order valence-electron chi connectivity index (χ2n) is 12.2. The fourth-order valence-electron chi connectivity index (χ4n) is 6.44. The van der Waals surface area contributed by atoms with Crippen LogP contribution in [-0.4, -0.2) is 39.0 Å². The summed E-state index contributed by atoms with van der Waals surface area (Å²) in [6, 6.07) is 9.33. The number of aliphatic hydroxyl groups is 1. The molecular formula is C35H48F2N2O4S. The zero-order chi connectivity index (χ0) is 32.7. The average Bonchev–Trinajstić information content (AvgIpc) is 2.98. The average molecular weight is 631 g/mol. The van der Waals surface area contributed by atoms with Crippen LogP contribution >= 0.6 is 11.8 Å². The van der Waals surface area contributed by atoms with Crippen molar-refractivity contribution in [2.24, 2.45) is 17.8 Å². The number of alkyl halides is 2. The summed E-state index contributed by atoms with van der Waals surface area (Å²) in [5.74, 6) is -1.70. The Morgan fingerprint density at radius 1 is 1.09 bits per heavy atom. The zero-order valence-electron chi connectivity index (χ0n) is 26.8. The zero-order valence-corrected chi connectivity index (χ0v) is 27.6. The van der Waals surface area contributed by atoms with Crippen LogP contribution in [0.1, 0.15) is 96.0 Å². The van der Waals surface area contributed by atoms with Gasteiger partial charge in [-0.1, -0.05) is 76.2 Å². The van der Waals surface area contributed by atoms with E-state index in [1.165, 1.54) is 0 Å². The fraction of sp³-hybridized carbons (Fsp3) is 0.543. The van der Waals surface area contributed by atoms with Crippen LogP contribution in [0.25, 0.3) is 12.2 Å². The lowest BCUT2D eigenvalue weighted by molar-refractivity contribution is -0.142. The molecule has 5 unspecified atom stereocenters. The molecule has 9 heteroatoms. The van der Waals surface area contributed by atoms with Crippen LogP contribution < -0.4 is 21.1 Å². The van der Waals surface area contributed by atoms with Gasteiger partial charge in [-0.05, 0) is 85.8 Å². The predicted molar refractivity (Wildman–Crippen MR) is 175 cm³/mol. The van der Waals surface area contributed by atoms with E-state index in [0.29, 0.717) is 53.2 Å². The molecule has 2 aliphatic rings. The largest absolute Gasteiger partial charge is 0.480 e. The van der Waals surface area contributed by atoms with E-state index in [1.54, 1.807) is 30.3 Å². The standard InChI is InChI=1S/C33H42F2N2O4S.C2H6/c1-5-21-16-24(18-32(3,41)17-21)20(2)28(31(39)40)37-30(38)27-15-12-23-8-6-7-9-26(23)29(27)36-19-22-10-13-25(14-11-22)42-33(4,34)35;1-2/h8-15,20-21,24,28,36,41H,5-7,16-19H2,1-4H3,(H,37,38)(H,39,40);1-2H3. The molecule has 0 aromatic heterocycles. The highest BCUT2D eigenvalue weighted by atomic mass is 32.2. The molecule has 1 amide bonds. The van der Waals surface area contributed by atoms with Crippen molar-refractivity contribution >= 4 is 41.5 Å². The second-order valence-corrected chi connectivity index (χ2v) is 13.6. The minimum Gasteiger partial charge on any atom is -0.480 e. The molecule has 0 spiro atoms. The van der Waals surface area contributed by atoms with Crippen LogP contribution in [0.4, 0.5) is 14.5 Å². The molecule has 6 nitrogen and oxygen atoms in total. The highest BCUT2D eigenvalue weighted by molar-refractivity contribution is 8.00. The lowest BCUT2D eigenvalue weighted by Crippen LogP contribution is -2.50. The van der Waals surface area contributed by atoms with Gasteiger partial charge in [0.2, 0.25) is 0 Å². The smallest absolute Gasteiger partial charge is 0.326 e. The van der Waals surface area contributed by atoms with Crippen molar-refractivity contribution in [3.8, 4) is 0 Å². The van der Waals surface area contributed by atoms with E-state index in [1.807, 2.05) is 33.8 Å². The van der Waals surface area contributed by atoms with Crippen molar-refractivity contribution < 1.29 is 28.6 Å². The highest BCUT2D eigenvalue weighted by Gasteiger charge is 2.41. The Balaban J connectivity index is 0.00000259. The first-order valence-electron chi connectivity index (χ1n) is 15.8. The van der Waals surface area contributed by atoms with E-state index in [0.717, 1.165) is 48.6 Å². The number of nitrogens with one attached hydrogen (secondary N) is 2. The minimum atomic E-state index is -2.87. The minimum absolute atomic E-state index is 0.0436. The molecule has 2 aromatic rings. The summed E-state index contributed by atoms with van der Waals surface area (Å²) in [7, 11) is 0. The van der Waals surface area contributed by atoms with Crippen LogP contribution in [0.5, 0.6) is 0 Å². The third-order valence-corrected chi connectivity index (χ3v) is 9.43. The first kappa shape index (κ1) is 35.6. The van der Waals surface area contributed by atoms with Gasteiger partial charge in [0.1, 0.15) is 6.04 Å². The van der Waals surface area contributed by atoms with Crippen molar-refractivity contribution in [3.63, 3.8) is 0 Å². The Hall–Kier alpha value is -2.91. The number of amides is 1. The number of anilines is 1. The van der Waals surface area contributed by atoms with Gasteiger partial charge in [-0.15, -0.1) is 0 Å². The molecule has 242 valence electrons. The van der Waals surface area contributed by atoms with Gasteiger partial charge in [0.25, 0.3) is 11.2 Å². The van der Waals surface area contributed by atoms with Crippen molar-refractivity contribution in [1.29, 1.82) is 0 Å². The molecule has 0 bridgehead atoms. The third-order valence-electron chi connectivity index (χ3n) is 8.56. The van der Waals surface area contributed by atoms with Gasteiger partial charge >= 0.3 is 5.97 Å². The molecule has 4 rings (SSSR count). The molecule has 1 fully saturated rings. The maximum absolute atomic E-state index is 13.7. The Labute approximate surface area is 264 Å². The van der Waals surface area contributed by atoms with E-state index in [4.69, 9.17) is 0 Å². The van der Waals surface area contributed by atoms with Crippen LogP contribution in [0.15, 0.2) is 41.3 Å². The molecule has 0 heterocycles. The number of hydrogen-bond donors (Lipinski definition) is 4. The number of carbonyl (C=O) groups excluding carboxylic acids is 1. The lowest BCUT2D eigenvalue weighted by atomic mass is 9.67. The van der Waals surface area contributed by atoms with Crippen LogP contribution in [0.2, 0.25) is 0 Å². The van der Waals surface area contributed by atoms with E-state index < -0.39 is 28.8 Å². The number of benzene rings is 2.